The van der Waals surface area contributed by atoms with Crippen LogP contribution in [-0.2, 0) is 4.79 Å². The topological polar surface area (TPSA) is 52.6 Å². The minimum absolute atomic E-state index is 0.426. The van der Waals surface area contributed by atoms with E-state index in [1.165, 1.54) is 6.42 Å². The quantitative estimate of drug-likeness (QED) is 0.831. The van der Waals surface area contributed by atoms with Gasteiger partial charge in [-0.15, -0.1) is 0 Å². The molecule has 110 valence electrons. The Kier molecular flexibility index (Phi) is 5.56. The van der Waals surface area contributed by atoms with E-state index < -0.39 is 11.9 Å². The fourth-order valence-corrected chi connectivity index (χ4v) is 3.04. The number of hydrogen-bond acceptors (Lipinski definition) is 3. The molecule has 2 atom stereocenters. The third-order valence-corrected chi connectivity index (χ3v) is 4.04. The first-order valence-corrected chi connectivity index (χ1v) is 7.35. The Hall–Kier alpha value is -1.39. The van der Waals surface area contributed by atoms with E-state index in [-0.39, 0.29) is 0 Å². The molecule has 0 bridgehead atoms. The second-order valence-corrected chi connectivity index (χ2v) is 5.63. The number of carboxylic acids is 1. The van der Waals surface area contributed by atoms with Crippen LogP contribution in [0.3, 0.4) is 0 Å². The second-order valence-electron chi connectivity index (χ2n) is 5.63. The van der Waals surface area contributed by atoms with E-state index in [9.17, 15) is 9.90 Å². The molecule has 0 radical (unpaired) electrons. The van der Waals surface area contributed by atoms with Crippen LogP contribution >= 0.6 is 0 Å². The molecule has 1 aliphatic heterocycles. The molecule has 0 aliphatic carbocycles. The zero-order valence-corrected chi connectivity index (χ0v) is 12.1. The van der Waals surface area contributed by atoms with Crippen molar-refractivity contribution < 1.29 is 9.90 Å². The van der Waals surface area contributed by atoms with E-state index in [0.717, 1.165) is 31.6 Å². The third kappa shape index (κ3) is 4.05. The van der Waals surface area contributed by atoms with Gasteiger partial charge >= 0.3 is 5.97 Å². The Morgan fingerprint density at radius 3 is 2.85 bits per heavy atom. The Labute approximate surface area is 120 Å². The summed E-state index contributed by atoms with van der Waals surface area (Å²) in [5, 5.41) is 12.7. The first-order chi connectivity index (χ1) is 9.70. The van der Waals surface area contributed by atoms with Gasteiger partial charge in [-0.3, -0.25) is 4.79 Å². The van der Waals surface area contributed by atoms with E-state index in [1.54, 1.807) is 0 Å². The minimum Gasteiger partial charge on any atom is -0.481 e. The van der Waals surface area contributed by atoms with Crippen LogP contribution in [0.4, 0.5) is 0 Å². The van der Waals surface area contributed by atoms with Crippen LogP contribution in [0.25, 0.3) is 0 Å². The number of likely N-dealkylation sites (tertiary alicyclic amines) is 1. The molecule has 1 heterocycles. The zero-order chi connectivity index (χ0) is 14.4. The van der Waals surface area contributed by atoms with Gasteiger partial charge in [0, 0.05) is 13.1 Å². The van der Waals surface area contributed by atoms with E-state index in [2.05, 4.69) is 10.2 Å². The maximum atomic E-state index is 11.5. The highest BCUT2D eigenvalue weighted by Crippen LogP contribution is 2.22. The smallest absolute Gasteiger partial charge is 0.312 e. The lowest BCUT2D eigenvalue weighted by Crippen LogP contribution is -2.42. The summed E-state index contributed by atoms with van der Waals surface area (Å²) in [7, 11) is 1.98. The van der Waals surface area contributed by atoms with Gasteiger partial charge in [0.15, 0.2) is 0 Å². The number of hydrogen-bond donors (Lipinski definition) is 2. The van der Waals surface area contributed by atoms with Gasteiger partial charge in [-0.25, -0.2) is 0 Å². The second kappa shape index (κ2) is 7.41. The maximum absolute atomic E-state index is 11.5. The van der Waals surface area contributed by atoms with Crippen molar-refractivity contribution in [2.75, 3.05) is 33.2 Å². The van der Waals surface area contributed by atoms with Gasteiger partial charge < -0.3 is 15.3 Å². The molecule has 4 heteroatoms. The van der Waals surface area contributed by atoms with Crippen molar-refractivity contribution in [1.29, 1.82) is 0 Å². The third-order valence-electron chi connectivity index (χ3n) is 4.04. The van der Waals surface area contributed by atoms with E-state index >= 15 is 0 Å². The lowest BCUT2D eigenvalue weighted by Gasteiger charge is -2.34. The summed E-state index contributed by atoms with van der Waals surface area (Å²) in [4.78, 5) is 13.8. The fraction of sp³-hybridized carbons (Fsp3) is 0.562. The van der Waals surface area contributed by atoms with Gasteiger partial charge in [-0.1, -0.05) is 30.3 Å². The molecular formula is C16H24N2O2. The first-order valence-electron chi connectivity index (χ1n) is 7.35. The molecule has 0 spiro atoms. The highest BCUT2D eigenvalue weighted by atomic mass is 16.4. The normalized spacial score (nSPS) is 21.6. The van der Waals surface area contributed by atoms with Gasteiger partial charge in [-0.05, 0) is 44.5 Å². The molecule has 2 rings (SSSR count). The molecular weight excluding hydrogens is 252 g/mol. The van der Waals surface area contributed by atoms with E-state index in [0.29, 0.717) is 12.5 Å². The zero-order valence-electron chi connectivity index (χ0n) is 12.1. The van der Waals surface area contributed by atoms with Crippen molar-refractivity contribution >= 4 is 5.97 Å². The summed E-state index contributed by atoms with van der Waals surface area (Å²) in [6, 6.07) is 9.56. The fourth-order valence-electron chi connectivity index (χ4n) is 3.04. The highest BCUT2D eigenvalue weighted by molar-refractivity contribution is 5.76. The van der Waals surface area contributed by atoms with Gasteiger partial charge in [0.2, 0.25) is 0 Å². The van der Waals surface area contributed by atoms with Crippen LogP contribution in [-0.4, -0.2) is 49.2 Å². The Bertz CT molecular complexity index is 420. The largest absolute Gasteiger partial charge is 0.481 e. The van der Waals surface area contributed by atoms with E-state index in [1.807, 2.05) is 37.4 Å². The summed E-state index contributed by atoms with van der Waals surface area (Å²) < 4.78 is 0. The molecule has 1 fully saturated rings. The van der Waals surface area contributed by atoms with Crippen LogP contribution in [0.1, 0.15) is 24.3 Å². The lowest BCUT2D eigenvalue weighted by molar-refractivity contribution is -0.139. The average Bonchev–Trinajstić information content (AvgIpc) is 2.46. The number of piperidine rings is 1. The van der Waals surface area contributed by atoms with Crippen molar-refractivity contribution in [3.8, 4) is 0 Å². The Morgan fingerprint density at radius 1 is 1.45 bits per heavy atom. The maximum Gasteiger partial charge on any atom is 0.312 e. The van der Waals surface area contributed by atoms with Gasteiger partial charge in [0.25, 0.3) is 0 Å². The van der Waals surface area contributed by atoms with Crippen molar-refractivity contribution in [2.24, 2.45) is 5.92 Å². The van der Waals surface area contributed by atoms with Crippen molar-refractivity contribution in [3.63, 3.8) is 0 Å². The van der Waals surface area contributed by atoms with Crippen molar-refractivity contribution in [2.45, 2.75) is 18.8 Å². The average molecular weight is 276 g/mol. The summed E-state index contributed by atoms with van der Waals surface area (Å²) in [6.07, 6.45) is 2.40. The summed E-state index contributed by atoms with van der Waals surface area (Å²) >= 11 is 0. The number of benzene rings is 1. The molecule has 0 aromatic heterocycles. The summed E-state index contributed by atoms with van der Waals surface area (Å²) in [5.41, 5.74) is 0.899. The van der Waals surface area contributed by atoms with Crippen molar-refractivity contribution in [1.82, 2.24) is 10.2 Å². The predicted molar refractivity (Wildman–Crippen MR) is 79.9 cm³/mol. The molecule has 4 nitrogen and oxygen atoms in total. The SMILES string of the molecule is CNCC1CCCN(CC(C(=O)O)c2ccccc2)C1. The predicted octanol–water partition coefficient (Wildman–Crippen LogP) is 1.79. The van der Waals surface area contributed by atoms with Crippen LogP contribution in [0.15, 0.2) is 30.3 Å². The number of carbonyl (C=O) groups is 1. The number of aliphatic carboxylic acids is 1. The summed E-state index contributed by atoms with van der Waals surface area (Å²) in [5.74, 6) is -0.518. The minimum atomic E-state index is -0.730. The number of nitrogens with zero attached hydrogens (tertiary/aromatic N) is 1. The van der Waals surface area contributed by atoms with Crippen LogP contribution in [0.2, 0.25) is 0 Å². The molecule has 20 heavy (non-hydrogen) atoms. The molecule has 0 amide bonds. The monoisotopic (exact) mass is 276 g/mol. The molecule has 2 N–H and O–H groups in total. The molecule has 2 unspecified atom stereocenters. The highest BCUT2D eigenvalue weighted by Gasteiger charge is 2.26. The molecule has 0 saturated carbocycles. The number of rotatable bonds is 6. The Morgan fingerprint density at radius 2 is 2.20 bits per heavy atom. The molecule has 1 aromatic rings. The van der Waals surface area contributed by atoms with Gasteiger partial charge in [0.1, 0.15) is 0 Å². The lowest BCUT2D eigenvalue weighted by atomic mass is 9.94. The van der Waals surface area contributed by atoms with Crippen LogP contribution < -0.4 is 5.32 Å². The van der Waals surface area contributed by atoms with Crippen molar-refractivity contribution in [3.05, 3.63) is 35.9 Å². The molecule has 1 aromatic carbocycles. The van der Waals surface area contributed by atoms with E-state index in [4.69, 9.17) is 0 Å². The molecule has 1 aliphatic rings. The van der Waals surface area contributed by atoms with Gasteiger partial charge in [-0.2, -0.15) is 0 Å². The van der Waals surface area contributed by atoms with Crippen LogP contribution in [0, 0.1) is 5.92 Å². The number of nitrogens with one attached hydrogen (secondary N) is 1. The summed E-state index contributed by atoms with van der Waals surface area (Å²) in [6.45, 7) is 3.63. The standard InChI is InChI=1S/C16H24N2O2/c1-17-10-13-6-5-9-18(11-13)12-15(16(19)20)14-7-3-2-4-8-14/h2-4,7-8,13,15,17H,5-6,9-12H2,1H3,(H,19,20). The number of carboxylic acid groups (broad SMARTS) is 1. The molecule has 1 saturated heterocycles. The first kappa shape index (κ1) is 15.0. The van der Waals surface area contributed by atoms with Crippen LogP contribution in [0.5, 0.6) is 0 Å². The Balaban J connectivity index is 2.00. The van der Waals surface area contributed by atoms with Gasteiger partial charge in [0.05, 0.1) is 5.92 Å².